The molecule has 0 spiro atoms. The molecule has 0 saturated carbocycles. The lowest BCUT2D eigenvalue weighted by Crippen LogP contribution is -2.40. The van der Waals surface area contributed by atoms with E-state index < -0.39 is 0 Å². The smallest absolute Gasteiger partial charge is 0.255 e. The van der Waals surface area contributed by atoms with Gasteiger partial charge in [0.2, 0.25) is 5.91 Å². The highest BCUT2D eigenvalue weighted by Gasteiger charge is 2.27. The van der Waals surface area contributed by atoms with Crippen LogP contribution in [-0.4, -0.2) is 66.9 Å². The second-order valence-electron chi connectivity index (χ2n) is 7.10. The number of carbonyl (C=O) groups is 2. The molecule has 0 fully saturated rings. The van der Waals surface area contributed by atoms with Crippen molar-refractivity contribution < 1.29 is 9.59 Å². The van der Waals surface area contributed by atoms with E-state index in [1.807, 2.05) is 56.3 Å². The predicted octanol–water partition coefficient (Wildman–Crippen LogP) is 2.06. The van der Waals surface area contributed by atoms with Gasteiger partial charge in [0.05, 0.1) is 24.3 Å². The fourth-order valence-electron chi connectivity index (χ4n) is 3.15. The number of carbonyl (C=O) groups excluding carboxylic acids is 2. The lowest BCUT2D eigenvalue weighted by Gasteiger charge is -2.30. The predicted molar refractivity (Wildman–Crippen MR) is 110 cm³/mol. The molecule has 0 radical (unpaired) electrons. The molecule has 2 amide bonds. The number of rotatable bonds is 7. The topological polar surface area (TPSA) is 68.8 Å². The summed E-state index contributed by atoms with van der Waals surface area (Å²) in [6, 6.07) is 11.6. The molecule has 0 aliphatic carbocycles. The number of benzene rings is 1. The zero-order valence-corrected chi connectivity index (χ0v) is 16.7. The van der Waals surface area contributed by atoms with Crippen molar-refractivity contribution in [2.75, 3.05) is 50.5 Å². The first-order valence-corrected chi connectivity index (χ1v) is 9.51. The second kappa shape index (κ2) is 8.84. The molecule has 0 atom stereocenters. The number of aromatic nitrogens is 1. The first-order chi connectivity index (χ1) is 13.5. The Labute approximate surface area is 166 Å². The first kappa shape index (κ1) is 19.8. The van der Waals surface area contributed by atoms with Crippen LogP contribution in [0.15, 0.2) is 42.6 Å². The van der Waals surface area contributed by atoms with Gasteiger partial charge in [-0.15, -0.1) is 0 Å². The quantitative estimate of drug-likeness (QED) is 0.795. The summed E-state index contributed by atoms with van der Waals surface area (Å²) < 4.78 is 0. The van der Waals surface area contributed by atoms with Gasteiger partial charge in [-0.3, -0.25) is 9.59 Å². The van der Waals surface area contributed by atoms with E-state index in [2.05, 4.69) is 10.3 Å². The molecule has 0 saturated heterocycles. The number of likely N-dealkylation sites (N-methyl/N-ethyl adjacent to an activating group) is 2. The minimum atomic E-state index is -0.0719. The van der Waals surface area contributed by atoms with Crippen molar-refractivity contribution in [1.29, 1.82) is 0 Å². The van der Waals surface area contributed by atoms with E-state index in [1.165, 1.54) is 0 Å². The van der Waals surface area contributed by atoms with Crippen LogP contribution < -0.4 is 10.2 Å². The molecular formula is C21H27N5O2. The Morgan fingerprint density at radius 3 is 2.64 bits per heavy atom. The molecule has 3 rings (SSSR count). The van der Waals surface area contributed by atoms with Crippen molar-refractivity contribution in [3.63, 3.8) is 0 Å². The fraction of sp³-hybridized carbons (Fsp3) is 0.381. The maximum atomic E-state index is 13.0. The third kappa shape index (κ3) is 4.48. The van der Waals surface area contributed by atoms with E-state index in [-0.39, 0.29) is 18.4 Å². The molecule has 0 bridgehead atoms. The normalized spacial score (nSPS) is 13.3. The average molecular weight is 381 g/mol. The minimum absolute atomic E-state index is 0.0392. The number of anilines is 2. The first-order valence-electron chi connectivity index (χ1n) is 9.51. The summed E-state index contributed by atoms with van der Waals surface area (Å²) in [6.07, 6.45) is 1.59. The molecular weight excluding hydrogens is 354 g/mol. The van der Waals surface area contributed by atoms with Gasteiger partial charge in [0.25, 0.3) is 5.91 Å². The number of amides is 2. The van der Waals surface area contributed by atoms with Gasteiger partial charge in [-0.25, -0.2) is 4.98 Å². The SMILES string of the molecule is CCN(CCN(C)C)C(=O)c1cnc2c(c1)N(Cc1ccccc1)C(=O)CN2. The summed E-state index contributed by atoms with van der Waals surface area (Å²) in [6.45, 7) is 4.67. The molecule has 1 N–H and O–H groups in total. The van der Waals surface area contributed by atoms with E-state index in [9.17, 15) is 9.59 Å². The van der Waals surface area contributed by atoms with E-state index in [0.29, 0.717) is 36.7 Å². The number of fused-ring (bicyclic) bond motifs is 1. The monoisotopic (exact) mass is 381 g/mol. The lowest BCUT2D eigenvalue weighted by atomic mass is 10.1. The summed E-state index contributed by atoms with van der Waals surface area (Å²) in [5.41, 5.74) is 2.17. The van der Waals surface area contributed by atoms with Gasteiger partial charge in [-0.1, -0.05) is 30.3 Å². The third-order valence-electron chi connectivity index (χ3n) is 4.78. The van der Waals surface area contributed by atoms with Gasteiger partial charge in [0, 0.05) is 25.8 Å². The van der Waals surface area contributed by atoms with Crippen LogP contribution in [0.1, 0.15) is 22.8 Å². The lowest BCUT2D eigenvalue weighted by molar-refractivity contribution is -0.117. The number of hydrogen-bond donors (Lipinski definition) is 1. The van der Waals surface area contributed by atoms with Crippen LogP contribution in [0.3, 0.4) is 0 Å². The highest BCUT2D eigenvalue weighted by atomic mass is 16.2. The van der Waals surface area contributed by atoms with Crippen LogP contribution in [0.25, 0.3) is 0 Å². The Balaban J connectivity index is 1.87. The molecule has 0 unspecified atom stereocenters. The number of hydrogen-bond acceptors (Lipinski definition) is 5. The number of pyridine rings is 1. The summed E-state index contributed by atoms with van der Waals surface area (Å²) in [7, 11) is 3.97. The highest BCUT2D eigenvalue weighted by molar-refractivity contribution is 6.04. The van der Waals surface area contributed by atoms with Crippen LogP contribution >= 0.6 is 0 Å². The molecule has 1 aliphatic rings. The van der Waals surface area contributed by atoms with Gasteiger partial charge >= 0.3 is 0 Å². The number of nitrogens with one attached hydrogen (secondary N) is 1. The summed E-state index contributed by atoms with van der Waals surface area (Å²) >= 11 is 0. The van der Waals surface area contributed by atoms with E-state index in [1.54, 1.807) is 22.1 Å². The van der Waals surface area contributed by atoms with Crippen molar-refractivity contribution in [3.8, 4) is 0 Å². The Morgan fingerprint density at radius 2 is 1.96 bits per heavy atom. The van der Waals surface area contributed by atoms with Crippen molar-refractivity contribution in [1.82, 2.24) is 14.8 Å². The Bertz CT molecular complexity index is 838. The van der Waals surface area contributed by atoms with E-state index in [4.69, 9.17) is 0 Å². The molecule has 148 valence electrons. The maximum absolute atomic E-state index is 13.0. The van der Waals surface area contributed by atoms with Gasteiger partial charge in [0.15, 0.2) is 5.82 Å². The molecule has 7 nitrogen and oxygen atoms in total. The number of nitrogens with zero attached hydrogens (tertiary/aromatic N) is 4. The Kier molecular flexibility index (Phi) is 6.26. The van der Waals surface area contributed by atoms with Crippen molar-refractivity contribution in [3.05, 3.63) is 53.7 Å². The molecule has 1 aromatic heterocycles. The zero-order valence-electron chi connectivity index (χ0n) is 16.7. The van der Waals surface area contributed by atoms with Crippen molar-refractivity contribution in [2.24, 2.45) is 0 Å². The maximum Gasteiger partial charge on any atom is 0.255 e. The largest absolute Gasteiger partial charge is 0.359 e. The molecule has 28 heavy (non-hydrogen) atoms. The zero-order chi connectivity index (χ0) is 20.1. The summed E-state index contributed by atoms with van der Waals surface area (Å²) in [5.74, 6) is 0.517. The summed E-state index contributed by atoms with van der Waals surface area (Å²) in [5, 5.41) is 3.04. The Hall–Kier alpha value is -2.93. The standard InChI is InChI=1S/C21H27N5O2/c1-4-25(11-10-24(2)3)21(28)17-12-18-20(22-13-17)23-14-19(27)26(18)15-16-8-6-5-7-9-16/h5-9,12-13H,4,10-11,14-15H2,1-3H3,(H,22,23). The second-order valence-corrected chi connectivity index (χ2v) is 7.10. The van der Waals surface area contributed by atoms with E-state index in [0.717, 1.165) is 12.1 Å². The van der Waals surface area contributed by atoms with Gasteiger partial charge in [-0.2, -0.15) is 0 Å². The van der Waals surface area contributed by atoms with Gasteiger partial charge in [-0.05, 0) is 32.6 Å². The van der Waals surface area contributed by atoms with Crippen molar-refractivity contribution in [2.45, 2.75) is 13.5 Å². The molecule has 7 heteroatoms. The van der Waals surface area contributed by atoms with Gasteiger partial charge in [0.1, 0.15) is 0 Å². The molecule has 1 aromatic carbocycles. The summed E-state index contributed by atoms with van der Waals surface area (Å²) in [4.78, 5) is 35.5. The van der Waals surface area contributed by atoms with Crippen LogP contribution in [0.4, 0.5) is 11.5 Å². The third-order valence-corrected chi connectivity index (χ3v) is 4.78. The Morgan fingerprint density at radius 1 is 1.21 bits per heavy atom. The van der Waals surface area contributed by atoms with Gasteiger partial charge < -0.3 is 20.0 Å². The molecule has 1 aliphatic heterocycles. The fourth-order valence-corrected chi connectivity index (χ4v) is 3.15. The van der Waals surface area contributed by atoms with Crippen molar-refractivity contribution >= 4 is 23.3 Å². The minimum Gasteiger partial charge on any atom is -0.359 e. The van der Waals surface area contributed by atoms with Crippen LogP contribution in [0.2, 0.25) is 0 Å². The average Bonchev–Trinajstić information content (AvgIpc) is 2.70. The van der Waals surface area contributed by atoms with Crippen LogP contribution in [0.5, 0.6) is 0 Å². The molecule has 2 aromatic rings. The van der Waals surface area contributed by atoms with Crippen LogP contribution in [0, 0.1) is 0 Å². The van der Waals surface area contributed by atoms with Crippen LogP contribution in [-0.2, 0) is 11.3 Å². The van der Waals surface area contributed by atoms with E-state index >= 15 is 0 Å². The molecule has 2 heterocycles. The highest BCUT2D eigenvalue weighted by Crippen LogP contribution is 2.30.